The van der Waals surface area contributed by atoms with Crippen LogP contribution in [0.15, 0.2) is 24.3 Å². The summed E-state index contributed by atoms with van der Waals surface area (Å²) in [6.45, 7) is 4.62. The second-order valence-electron chi connectivity index (χ2n) is 5.66. The van der Waals surface area contributed by atoms with Crippen LogP contribution in [0.25, 0.3) is 0 Å². The number of hydrogen-bond donors (Lipinski definition) is 1. The number of nitrogens with zero attached hydrogens (tertiary/aromatic N) is 1. The Morgan fingerprint density at radius 2 is 2.22 bits per heavy atom. The van der Waals surface area contributed by atoms with Gasteiger partial charge in [0.1, 0.15) is 0 Å². The lowest BCUT2D eigenvalue weighted by molar-refractivity contribution is 0.00139. The average molecular weight is 246 g/mol. The molecule has 98 valence electrons. The Kier molecular flexibility index (Phi) is 3.27. The molecule has 1 aromatic rings. The van der Waals surface area contributed by atoms with Crippen molar-refractivity contribution in [1.82, 2.24) is 0 Å². The third-order valence-corrected chi connectivity index (χ3v) is 4.35. The average Bonchev–Trinajstić information content (AvgIpc) is 2.83. The molecule has 3 nitrogen and oxygen atoms in total. The minimum absolute atomic E-state index is 0.162. The van der Waals surface area contributed by atoms with Crippen LogP contribution in [0.4, 0.5) is 5.69 Å². The molecule has 0 aliphatic carbocycles. The lowest BCUT2D eigenvalue weighted by Gasteiger charge is -2.39. The van der Waals surface area contributed by atoms with Gasteiger partial charge in [0.15, 0.2) is 0 Å². The van der Waals surface area contributed by atoms with E-state index < -0.39 is 0 Å². The SMILES string of the molecule is NCC1(CN2CCc3ccccc32)CCCOC1. The number of hydrogen-bond acceptors (Lipinski definition) is 3. The quantitative estimate of drug-likeness (QED) is 0.884. The molecule has 1 unspecified atom stereocenters. The van der Waals surface area contributed by atoms with Crippen LogP contribution < -0.4 is 10.6 Å². The van der Waals surface area contributed by atoms with Crippen LogP contribution in [0.5, 0.6) is 0 Å². The van der Waals surface area contributed by atoms with Crippen molar-refractivity contribution in [1.29, 1.82) is 0 Å². The molecule has 1 atom stereocenters. The van der Waals surface area contributed by atoms with E-state index in [4.69, 9.17) is 10.5 Å². The molecule has 2 aliphatic rings. The van der Waals surface area contributed by atoms with Crippen LogP contribution in [0.3, 0.4) is 0 Å². The largest absolute Gasteiger partial charge is 0.381 e. The van der Waals surface area contributed by atoms with Crippen molar-refractivity contribution in [2.45, 2.75) is 19.3 Å². The molecule has 3 heteroatoms. The highest BCUT2D eigenvalue weighted by Gasteiger charge is 2.35. The van der Waals surface area contributed by atoms with Gasteiger partial charge in [0.25, 0.3) is 0 Å². The maximum absolute atomic E-state index is 6.03. The summed E-state index contributed by atoms with van der Waals surface area (Å²) in [5, 5.41) is 0. The number of fused-ring (bicyclic) bond motifs is 1. The molecule has 2 heterocycles. The third-order valence-electron chi connectivity index (χ3n) is 4.35. The number of ether oxygens (including phenoxy) is 1. The number of nitrogens with two attached hydrogens (primary N) is 1. The highest BCUT2D eigenvalue weighted by Crippen LogP contribution is 2.34. The maximum atomic E-state index is 6.03. The van der Waals surface area contributed by atoms with Crippen LogP contribution in [0.2, 0.25) is 0 Å². The van der Waals surface area contributed by atoms with E-state index in [-0.39, 0.29) is 5.41 Å². The fraction of sp³-hybridized carbons (Fsp3) is 0.600. The van der Waals surface area contributed by atoms with Crippen LogP contribution >= 0.6 is 0 Å². The number of rotatable bonds is 3. The molecular weight excluding hydrogens is 224 g/mol. The second kappa shape index (κ2) is 4.90. The van der Waals surface area contributed by atoms with Crippen LogP contribution in [-0.4, -0.2) is 32.8 Å². The summed E-state index contributed by atoms with van der Waals surface area (Å²) < 4.78 is 5.67. The van der Waals surface area contributed by atoms with Gasteiger partial charge in [0.2, 0.25) is 0 Å². The molecule has 0 bridgehead atoms. The molecule has 1 aromatic carbocycles. The van der Waals surface area contributed by atoms with Gasteiger partial charge >= 0.3 is 0 Å². The molecule has 0 radical (unpaired) electrons. The molecular formula is C15H22N2O. The summed E-state index contributed by atoms with van der Waals surface area (Å²) >= 11 is 0. The summed E-state index contributed by atoms with van der Waals surface area (Å²) in [7, 11) is 0. The molecule has 2 N–H and O–H groups in total. The molecule has 3 rings (SSSR count). The van der Waals surface area contributed by atoms with Crippen molar-refractivity contribution in [3.63, 3.8) is 0 Å². The van der Waals surface area contributed by atoms with Gasteiger partial charge in [-0.05, 0) is 30.9 Å². The first kappa shape index (κ1) is 12.0. The maximum Gasteiger partial charge on any atom is 0.0551 e. The fourth-order valence-corrected chi connectivity index (χ4v) is 3.24. The first-order valence-electron chi connectivity index (χ1n) is 6.94. The van der Waals surface area contributed by atoms with Gasteiger partial charge in [-0.3, -0.25) is 0 Å². The molecule has 0 saturated carbocycles. The predicted octanol–water partition coefficient (Wildman–Crippen LogP) is 1.80. The lowest BCUT2D eigenvalue weighted by atomic mass is 9.82. The summed E-state index contributed by atoms with van der Waals surface area (Å²) in [5.74, 6) is 0. The van der Waals surface area contributed by atoms with E-state index in [1.54, 1.807) is 0 Å². The number of anilines is 1. The molecule has 18 heavy (non-hydrogen) atoms. The highest BCUT2D eigenvalue weighted by molar-refractivity contribution is 5.58. The Morgan fingerprint density at radius 1 is 1.33 bits per heavy atom. The van der Waals surface area contributed by atoms with Gasteiger partial charge in [0.05, 0.1) is 6.61 Å². The molecule has 0 aromatic heterocycles. The standard InChI is InChI=1S/C15H22N2O/c16-10-15(7-3-9-18-12-15)11-17-8-6-13-4-1-2-5-14(13)17/h1-2,4-5H,3,6-12,16H2. The van der Waals surface area contributed by atoms with Gasteiger partial charge in [-0.15, -0.1) is 0 Å². The van der Waals surface area contributed by atoms with Crippen molar-refractivity contribution in [2.24, 2.45) is 11.1 Å². The molecule has 0 amide bonds. The second-order valence-corrected chi connectivity index (χ2v) is 5.66. The van der Waals surface area contributed by atoms with Crippen molar-refractivity contribution < 1.29 is 4.74 Å². The smallest absolute Gasteiger partial charge is 0.0551 e. The van der Waals surface area contributed by atoms with Gasteiger partial charge in [-0.1, -0.05) is 18.2 Å². The van der Waals surface area contributed by atoms with E-state index >= 15 is 0 Å². The molecule has 1 fully saturated rings. The predicted molar refractivity (Wildman–Crippen MR) is 73.9 cm³/mol. The Bertz CT molecular complexity index is 413. The zero-order valence-electron chi connectivity index (χ0n) is 10.9. The summed E-state index contributed by atoms with van der Waals surface area (Å²) in [6, 6.07) is 8.73. The Labute approximate surface area is 109 Å². The van der Waals surface area contributed by atoms with Gasteiger partial charge in [-0.25, -0.2) is 0 Å². The van der Waals surface area contributed by atoms with Crippen molar-refractivity contribution in [2.75, 3.05) is 37.7 Å². The van der Waals surface area contributed by atoms with Crippen molar-refractivity contribution in [3.05, 3.63) is 29.8 Å². The minimum Gasteiger partial charge on any atom is -0.381 e. The van der Waals surface area contributed by atoms with Crippen LogP contribution in [0.1, 0.15) is 18.4 Å². The number of benzene rings is 1. The molecule has 2 aliphatic heterocycles. The summed E-state index contributed by atoms with van der Waals surface area (Å²) in [6.07, 6.45) is 3.51. The number of para-hydroxylation sites is 1. The first-order chi connectivity index (χ1) is 8.83. The van der Waals surface area contributed by atoms with E-state index in [2.05, 4.69) is 29.2 Å². The topological polar surface area (TPSA) is 38.5 Å². The summed E-state index contributed by atoms with van der Waals surface area (Å²) in [4.78, 5) is 2.50. The third kappa shape index (κ3) is 2.13. The Morgan fingerprint density at radius 3 is 3.00 bits per heavy atom. The van der Waals surface area contributed by atoms with Gasteiger partial charge < -0.3 is 15.4 Å². The monoisotopic (exact) mass is 246 g/mol. The van der Waals surface area contributed by atoms with E-state index in [9.17, 15) is 0 Å². The highest BCUT2D eigenvalue weighted by atomic mass is 16.5. The zero-order chi connectivity index (χ0) is 12.4. The van der Waals surface area contributed by atoms with Crippen LogP contribution in [-0.2, 0) is 11.2 Å². The molecule has 1 saturated heterocycles. The first-order valence-corrected chi connectivity index (χ1v) is 6.94. The minimum atomic E-state index is 0.162. The van der Waals surface area contributed by atoms with E-state index in [1.165, 1.54) is 17.7 Å². The lowest BCUT2D eigenvalue weighted by Crippen LogP contribution is -2.47. The van der Waals surface area contributed by atoms with E-state index in [0.717, 1.165) is 45.7 Å². The Balaban J connectivity index is 1.77. The summed E-state index contributed by atoms with van der Waals surface area (Å²) in [5.41, 5.74) is 9.06. The fourth-order valence-electron chi connectivity index (χ4n) is 3.24. The van der Waals surface area contributed by atoms with Crippen LogP contribution in [0, 0.1) is 5.41 Å². The van der Waals surface area contributed by atoms with Gasteiger partial charge in [-0.2, -0.15) is 0 Å². The molecule has 0 spiro atoms. The van der Waals surface area contributed by atoms with Crippen molar-refractivity contribution in [3.8, 4) is 0 Å². The zero-order valence-corrected chi connectivity index (χ0v) is 10.9. The van der Waals surface area contributed by atoms with Crippen molar-refractivity contribution >= 4 is 5.69 Å². The normalized spacial score (nSPS) is 27.3. The Hall–Kier alpha value is -1.06. The van der Waals surface area contributed by atoms with Gasteiger partial charge in [0, 0.05) is 37.3 Å². The van der Waals surface area contributed by atoms with E-state index in [1.807, 2.05) is 0 Å². The van der Waals surface area contributed by atoms with E-state index in [0.29, 0.717) is 0 Å².